The molecule has 3 nitrogen and oxygen atoms in total. The highest BCUT2D eigenvalue weighted by Crippen LogP contribution is 2.23. The number of H-pyrrole nitrogens is 2. The number of aromatic nitrogens is 3. The van der Waals surface area contributed by atoms with Crippen LogP contribution in [-0.4, -0.2) is 15.0 Å². The van der Waals surface area contributed by atoms with Crippen LogP contribution in [0.15, 0.2) is 55.0 Å². The summed E-state index contributed by atoms with van der Waals surface area (Å²) >= 11 is 0. The third kappa shape index (κ3) is 1.99. The lowest BCUT2D eigenvalue weighted by Crippen LogP contribution is -1.94. The maximum atomic E-state index is 4.27. The van der Waals surface area contributed by atoms with E-state index in [1.807, 2.05) is 18.5 Å². The van der Waals surface area contributed by atoms with E-state index in [1.54, 1.807) is 6.20 Å². The number of hydrogen-bond acceptors (Lipinski definition) is 1. The second kappa shape index (κ2) is 4.29. The summed E-state index contributed by atoms with van der Waals surface area (Å²) in [5, 5.41) is 0. The van der Waals surface area contributed by atoms with Gasteiger partial charge in [-0.3, -0.25) is 0 Å². The molecule has 0 atom stereocenters. The highest BCUT2D eigenvalue weighted by molar-refractivity contribution is 5.64. The first-order chi connectivity index (χ1) is 8.43. The number of benzene rings is 1. The van der Waals surface area contributed by atoms with Crippen LogP contribution in [0.5, 0.6) is 0 Å². The van der Waals surface area contributed by atoms with E-state index in [9.17, 15) is 0 Å². The Balaban J connectivity index is 1.99. The summed E-state index contributed by atoms with van der Waals surface area (Å²) in [6.07, 6.45) is 6.40. The summed E-state index contributed by atoms with van der Waals surface area (Å²) in [7, 11) is 0. The Morgan fingerprint density at radius 2 is 1.88 bits per heavy atom. The Morgan fingerprint density at radius 1 is 0.941 bits per heavy atom. The van der Waals surface area contributed by atoms with Gasteiger partial charge in [0.05, 0.1) is 0 Å². The van der Waals surface area contributed by atoms with Crippen LogP contribution in [0.3, 0.4) is 0 Å². The van der Waals surface area contributed by atoms with Crippen molar-refractivity contribution in [2.75, 3.05) is 0 Å². The number of nitrogens with one attached hydrogen (secondary N) is 2. The van der Waals surface area contributed by atoms with E-state index in [1.165, 1.54) is 11.1 Å². The van der Waals surface area contributed by atoms with Gasteiger partial charge in [-0.15, -0.1) is 0 Å². The Bertz CT molecular complexity index is 580. The van der Waals surface area contributed by atoms with Gasteiger partial charge in [0.1, 0.15) is 5.82 Å². The minimum atomic E-state index is 0.822. The Kier molecular flexibility index (Phi) is 2.50. The molecule has 2 heterocycles. The lowest BCUT2D eigenvalue weighted by Gasteiger charge is -2.06. The monoisotopic (exact) mass is 223 g/mol. The molecule has 0 amide bonds. The van der Waals surface area contributed by atoms with Gasteiger partial charge in [0.15, 0.2) is 0 Å². The van der Waals surface area contributed by atoms with Crippen LogP contribution in [0.4, 0.5) is 0 Å². The van der Waals surface area contributed by atoms with Gasteiger partial charge < -0.3 is 9.97 Å². The molecule has 0 spiro atoms. The highest BCUT2D eigenvalue weighted by atomic mass is 14.9. The fourth-order valence-corrected chi connectivity index (χ4v) is 2.01. The van der Waals surface area contributed by atoms with Crippen molar-refractivity contribution in [2.24, 2.45) is 0 Å². The number of imidazole rings is 1. The number of rotatable bonds is 3. The predicted molar refractivity (Wildman–Crippen MR) is 67.6 cm³/mol. The number of hydrogen-bond donors (Lipinski definition) is 2. The molecule has 0 aliphatic heterocycles. The van der Waals surface area contributed by atoms with Crippen molar-refractivity contribution in [3.05, 3.63) is 66.4 Å². The van der Waals surface area contributed by atoms with E-state index < -0.39 is 0 Å². The maximum Gasteiger partial charge on any atom is 0.110 e. The zero-order valence-electron chi connectivity index (χ0n) is 9.35. The standard InChI is InChI=1S/C14H13N3/c1-2-5-12(13-6-3-7-15-13)11(4-1)10-14-16-8-9-17-14/h1-9,15H,10H2,(H,16,17). The summed E-state index contributed by atoms with van der Waals surface area (Å²) in [4.78, 5) is 10.6. The smallest absolute Gasteiger partial charge is 0.110 e. The molecule has 1 aromatic carbocycles. The zero-order valence-corrected chi connectivity index (χ0v) is 9.35. The molecule has 0 radical (unpaired) electrons. The van der Waals surface area contributed by atoms with Crippen molar-refractivity contribution in [1.29, 1.82) is 0 Å². The lowest BCUT2D eigenvalue weighted by molar-refractivity contribution is 1.03. The summed E-state index contributed by atoms with van der Waals surface area (Å²) in [6, 6.07) is 12.5. The summed E-state index contributed by atoms with van der Waals surface area (Å²) in [5.74, 6) is 0.990. The number of aromatic amines is 2. The molecule has 0 aliphatic carbocycles. The van der Waals surface area contributed by atoms with Gasteiger partial charge in [0.25, 0.3) is 0 Å². The average molecular weight is 223 g/mol. The first-order valence-corrected chi connectivity index (χ1v) is 5.63. The van der Waals surface area contributed by atoms with E-state index in [0.29, 0.717) is 0 Å². The first kappa shape index (κ1) is 9.90. The molecule has 0 bridgehead atoms. The summed E-state index contributed by atoms with van der Waals surface area (Å²) in [6.45, 7) is 0. The van der Waals surface area contributed by atoms with Crippen molar-refractivity contribution >= 4 is 0 Å². The van der Waals surface area contributed by atoms with Crippen LogP contribution in [0.2, 0.25) is 0 Å². The molecule has 0 aliphatic rings. The van der Waals surface area contributed by atoms with Gasteiger partial charge in [0, 0.05) is 36.3 Å². The van der Waals surface area contributed by atoms with Crippen molar-refractivity contribution in [3.8, 4) is 11.3 Å². The van der Waals surface area contributed by atoms with E-state index in [-0.39, 0.29) is 0 Å². The van der Waals surface area contributed by atoms with E-state index in [2.05, 4.69) is 45.3 Å². The van der Waals surface area contributed by atoms with Crippen LogP contribution in [0, 0.1) is 0 Å². The number of nitrogens with zero attached hydrogens (tertiary/aromatic N) is 1. The molecule has 0 saturated heterocycles. The molecule has 2 aromatic heterocycles. The average Bonchev–Trinajstić information content (AvgIpc) is 3.01. The fourth-order valence-electron chi connectivity index (χ4n) is 2.01. The van der Waals surface area contributed by atoms with Gasteiger partial charge in [-0.25, -0.2) is 4.98 Å². The summed E-state index contributed by atoms with van der Waals surface area (Å²) in [5.41, 5.74) is 3.64. The third-order valence-corrected chi connectivity index (χ3v) is 2.82. The minimum absolute atomic E-state index is 0.822. The largest absolute Gasteiger partial charge is 0.361 e. The Hall–Kier alpha value is -2.29. The van der Waals surface area contributed by atoms with Crippen molar-refractivity contribution in [2.45, 2.75) is 6.42 Å². The topological polar surface area (TPSA) is 44.5 Å². The van der Waals surface area contributed by atoms with Crippen molar-refractivity contribution in [3.63, 3.8) is 0 Å². The minimum Gasteiger partial charge on any atom is -0.361 e. The highest BCUT2D eigenvalue weighted by Gasteiger charge is 2.06. The van der Waals surface area contributed by atoms with Crippen LogP contribution >= 0.6 is 0 Å². The molecule has 3 heteroatoms. The molecule has 0 saturated carbocycles. The third-order valence-electron chi connectivity index (χ3n) is 2.82. The Labute approximate surface area is 99.5 Å². The summed E-state index contributed by atoms with van der Waals surface area (Å²) < 4.78 is 0. The molecule has 0 unspecified atom stereocenters. The maximum absolute atomic E-state index is 4.27. The molecule has 17 heavy (non-hydrogen) atoms. The van der Waals surface area contributed by atoms with E-state index in [4.69, 9.17) is 0 Å². The fraction of sp³-hybridized carbons (Fsp3) is 0.0714. The molecule has 3 aromatic rings. The Morgan fingerprint density at radius 3 is 2.65 bits per heavy atom. The first-order valence-electron chi connectivity index (χ1n) is 5.63. The van der Waals surface area contributed by atoms with Crippen LogP contribution < -0.4 is 0 Å². The van der Waals surface area contributed by atoms with Crippen molar-refractivity contribution in [1.82, 2.24) is 15.0 Å². The van der Waals surface area contributed by atoms with E-state index in [0.717, 1.165) is 17.9 Å². The quantitative estimate of drug-likeness (QED) is 0.704. The van der Waals surface area contributed by atoms with Crippen LogP contribution in [-0.2, 0) is 6.42 Å². The van der Waals surface area contributed by atoms with Gasteiger partial charge in [-0.1, -0.05) is 24.3 Å². The second-order valence-electron chi connectivity index (χ2n) is 3.95. The molecule has 0 fully saturated rings. The zero-order chi connectivity index (χ0) is 11.5. The van der Waals surface area contributed by atoms with Crippen molar-refractivity contribution < 1.29 is 0 Å². The van der Waals surface area contributed by atoms with Gasteiger partial charge in [-0.2, -0.15) is 0 Å². The predicted octanol–water partition coefficient (Wildman–Crippen LogP) is 3.00. The van der Waals surface area contributed by atoms with Gasteiger partial charge in [0.2, 0.25) is 0 Å². The van der Waals surface area contributed by atoms with Gasteiger partial charge >= 0.3 is 0 Å². The van der Waals surface area contributed by atoms with E-state index >= 15 is 0 Å². The normalized spacial score (nSPS) is 10.6. The molecule has 84 valence electrons. The molecule has 3 rings (SSSR count). The molecular formula is C14H13N3. The molecular weight excluding hydrogens is 210 g/mol. The van der Waals surface area contributed by atoms with Gasteiger partial charge in [-0.05, 0) is 17.7 Å². The second-order valence-corrected chi connectivity index (χ2v) is 3.95. The molecule has 2 N–H and O–H groups in total. The van der Waals surface area contributed by atoms with Crippen LogP contribution in [0.25, 0.3) is 11.3 Å². The van der Waals surface area contributed by atoms with Crippen LogP contribution in [0.1, 0.15) is 11.4 Å². The lowest BCUT2D eigenvalue weighted by atomic mass is 10.0. The SMILES string of the molecule is c1c[nH]c(-c2ccccc2Cc2ncc[nH]2)c1.